The summed E-state index contributed by atoms with van der Waals surface area (Å²) in [7, 11) is 5.78. The molecule has 0 aliphatic carbocycles. The van der Waals surface area contributed by atoms with Gasteiger partial charge >= 0.3 is 5.97 Å². The van der Waals surface area contributed by atoms with Crippen molar-refractivity contribution in [3.8, 4) is 0 Å². The highest BCUT2D eigenvalue weighted by atomic mass is 17.1. The van der Waals surface area contributed by atoms with E-state index in [-0.39, 0.29) is 18.5 Å². The lowest BCUT2D eigenvalue weighted by atomic mass is 10.1. The third kappa shape index (κ3) is 20.2. The number of quaternary nitrogens is 1. The fraction of sp³-hybridized carbons (Fsp3) is 0.760. The highest BCUT2D eigenvalue weighted by molar-refractivity contribution is 5.70. The van der Waals surface area contributed by atoms with E-state index in [1.807, 2.05) is 39.4 Å². The number of hydrogen-bond acceptors (Lipinski definition) is 6. The van der Waals surface area contributed by atoms with Crippen LogP contribution in [-0.4, -0.2) is 61.6 Å². The number of carbonyl (C=O) groups is 2. The van der Waals surface area contributed by atoms with Crippen LogP contribution in [0.1, 0.15) is 84.0 Å². The average molecular weight is 456 g/mol. The smallest absolute Gasteiger partial charge is 0.306 e. The summed E-state index contributed by atoms with van der Waals surface area (Å²) < 4.78 is 5.87. The van der Waals surface area contributed by atoms with Crippen LogP contribution in [0.4, 0.5) is 0 Å². The number of aliphatic carboxylic acids is 1. The zero-order chi connectivity index (χ0) is 24.2. The van der Waals surface area contributed by atoms with Crippen LogP contribution in [0.2, 0.25) is 0 Å². The largest absolute Gasteiger partial charge is 0.550 e. The van der Waals surface area contributed by atoms with Crippen molar-refractivity contribution >= 4 is 11.9 Å². The third-order valence-electron chi connectivity index (χ3n) is 5.00. The Morgan fingerprint density at radius 2 is 1.69 bits per heavy atom. The van der Waals surface area contributed by atoms with Gasteiger partial charge in [-0.25, -0.2) is 4.89 Å². The van der Waals surface area contributed by atoms with Crippen molar-refractivity contribution in [3.05, 3.63) is 24.3 Å². The lowest BCUT2D eigenvalue weighted by Gasteiger charge is -2.29. The molecule has 0 aromatic heterocycles. The quantitative estimate of drug-likeness (QED) is 0.0744. The van der Waals surface area contributed by atoms with Crippen molar-refractivity contribution in [1.82, 2.24) is 0 Å². The van der Waals surface area contributed by atoms with Gasteiger partial charge in [0, 0.05) is 18.8 Å². The van der Waals surface area contributed by atoms with Gasteiger partial charge < -0.3 is 19.1 Å². The molecule has 0 aliphatic heterocycles. The molecule has 2 atom stereocenters. The molecule has 0 aromatic carbocycles. The molecule has 2 unspecified atom stereocenters. The van der Waals surface area contributed by atoms with Gasteiger partial charge in [-0.3, -0.25) is 10.1 Å². The van der Waals surface area contributed by atoms with Gasteiger partial charge in [0.15, 0.2) is 6.10 Å². The first-order valence-corrected chi connectivity index (χ1v) is 12.0. The maximum atomic E-state index is 12.0. The molecule has 0 bridgehead atoms. The second-order valence-electron chi connectivity index (χ2n) is 9.42. The van der Waals surface area contributed by atoms with Gasteiger partial charge in [-0.1, -0.05) is 69.8 Å². The van der Waals surface area contributed by atoms with Gasteiger partial charge in [-0.2, -0.15) is 0 Å². The number of unbranched alkanes of at least 4 members (excludes halogenated alkanes) is 7. The first-order valence-electron chi connectivity index (χ1n) is 12.0. The number of ether oxygens (including phenoxy) is 1. The molecule has 0 radical (unpaired) electrons. The highest BCUT2D eigenvalue weighted by Gasteiger charge is 2.22. The molecule has 0 rings (SSSR count). The van der Waals surface area contributed by atoms with Crippen LogP contribution in [0.15, 0.2) is 24.3 Å². The zero-order valence-electron chi connectivity index (χ0n) is 20.6. The van der Waals surface area contributed by atoms with E-state index in [1.165, 1.54) is 0 Å². The summed E-state index contributed by atoms with van der Waals surface area (Å²) in [6, 6.07) is 0. The number of rotatable bonds is 20. The average Bonchev–Trinajstić information content (AvgIpc) is 2.68. The predicted molar refractivity (Wildman–Crippen MR) is 125 cm³/mol. The Hall–Kier alpha value is -1.70. The number of carboxylic acids is 1. The third-order valence-corrected chi connectivity index (χ3v) is 5.00. The summed E-state index contributed by atoms with van der Waals surface area (Å²) in [4.78, 5) is 27.4. The number of nitrogens with zero attached hydrogens (tertiary/aromatic N) is 1. The summed E-state index contributed by atoms with van der Waals surface area (Å²) in [6.45, 7) is 2.59. The van der Waals surface area contributed by atoms with E-state index in [9.17, 15) is 14.7 Å². The van der Waals surface area contributed by atoms with Gasteiger partial charge in [0.1, 0.15) is 12.6 Å². The Morgan fingerprint density at radius 1 is 1.00 bits per heavy atom. The molecule has 0 saturated carbocycles. The van der Waals surface area contributed by atoms with Gasteiger partial charge in [0.2, 0.25) is 0 Å². The molecule has 7 nitrogen and oxygen atoms in total. The van der Waals surface area contributed by atoms with E-state index >= 15 is 0 Å². The minimum Gasteiger partial charge on any atom is -0.550 e. The molecule has 1 N–H and O–H groups in total. The van der Waals surface area contributed by atoms with E-state index in [1.54, 1.807) is 0 Å². The summed E-state index contributed by atoms with van der Waals surface area (Å²) in [5, 5.41) is 19.8. The predicted octanol–water partition coefficient (Wildman–Crippen LogP) is 4.03. The standard InChI is InChI=1S/C25H45NO6/c1-5-6-14-17-22(32-30)18-15-12-10-8-7-9-11-13-16-19-25(29)31-23(20-24(27)28)21-26(2,3)4/h10,12,15,18,22-23H,5-9,11,13-14,16-17,19-21H2,1-4H3,(H-,27,28,30)/b12-10+,18-15+. The SMILES string of the molecule is CCCCCC(/C=C/C=C/CCCCCCCC(=O)OC(CC(=O)[O-])C[N+](C)(C)C)OO. The van der Waals surface area contributed by atoms with E-state index < -0.39 is 12.1 Å². The number of esters is 1. The molecule has 0 spiro atoms. The minimum atomic E-state index is -1.20. The van der Waals surface area contributed by atoms with Crippen molar-refractivity contribution < 1.29 is 34.1 Å². The second-order valence-corrected chi connectivity index (χ2v) is 9.42. The van der Waals surface area contributed by atoms with Gasteiger partial charge in [-0.15, -0.1) is 0 Å². The molecular weight excluding hydrogens is 410 g/mol. The molecule has 0 fully saturated rings. The second kappa shape index (κ2) is 18.8. The molecule has 7 heteroatoms. The molecular formula is C25H45NO6. The van der Waals surface area contributed by atoms with Crippen LogP contribution < -0.4 is 5.11 Å². The minimum absolute atomic E-state index is 0.235. The van der Waals surface area contributed by atoms with Gasteiger partial charge in [0.05, 0.1) is 21.1 Å². The van der Waals surface area contributed by atoms with Crippen LogP contribution in [-0.2, 0) is 19.2 Å². The highest BCUT2D eigenvalue weighted by Crippen LogP contribution is 2.11. The summed E-state index contributed by atoms with van der Waals surface area (Å²) in [5.41, 5.74) is 0. The van der Waals surface area contributed by atoms with Crippen molar-refractivity contribution in [2.24, 2.45) is 0 Å². The van der Waals surface area contributed by atoms with E-state index in [4.69, 9.17) is 9.99 Å². The van der Waals surface area contributed by atoms with E-state index in [0.717, 1.165) is 64.2 Å². The number of likely N-dealkylation sites (N-methyl/N-ethyl adjacent to an activating group) is 1. The fourth-order valence-electron chi connectivity index (χ4n) is 3.39. The summed E-state index contributed by atoms with van der Waals surface area (Å²) in [6.07, 6.45) is 17.2. The van der Waals surface area contributed by atoms with E-state index in [0.29, 0.717) is 17.4 Å². The Kier molecular flexibility index (Phi) is 17.8. The molecule has 32 heavy (non-hydrogen) atoms. The van der Waals surface area contributed by atoms with E-state index in [2.05, 4.69) is 17.9 Å². The van der Waals surface area contributed by atoms with Crippen molar-refractivity contribution in [1.29, 1.82) is 0 Å². The zero-order valence-corrected chi connectivity index (χ0v) is 20.6. The number of carboxylic acid groups (broad SMARTS) is 1. The molecule has 0 amide bonds. The van der Waals surface area contributed by atoms with Crippen LogP contribution in [0, 0.1) is 0 Å². The number of hydrogen-bond donors (Lipinski definition) is 1. The van der Waals surface area contributed by atoms with Crippen LogP contribution in [0.3, 0.4) is 0 Å². The van der Waals surface area contributed by atoms with Crippen LogP contribution >= 0.6 is 0 Å². The fourth-order valence-corrected chi connectivity index (χ4v) is 3.39. The number of allylic oxidation sites excluding steroid dienone is 3. The van der Waals surface area contributed by atoms with Crippen molar-refractivity contribution in [2.75, 3.05) is 27.7 Å². The monoisotopic (exact) mass is 455 g/mol. The molecule has 186 valence electrons. The topological polar surface area (TPSA) is 95.9 Å². The normalized spacial score (nSPS) is 14.2. The van der Waals surface area contributed by atoms with Gasteiger partial charge in [0.25, 0.3) is 0 Å². The first-order chi connectivity index (χ1) is 15.2. The van der Waals surface area contributed by atoms with Gasteiger partial charge in [-0.05, 0) is 25.7 Å². The Bertz CT molecular complexity index is 553. The van der Waals surface area contributed by atoms with Crippen molar-refractivity contribution in [2.45, 2.75) is 96.2 Å². The van der Waals surface area contributed by atoms with Crippen LogP contribution in [0.5, 0.6) is 0 Å². The van der Waals surface area contributed by atoms with Crippen LogP contribution in [0.25, 0.3) is 0 Å². The lowest BCUT2D eigenvalue weighted by Crippen LogP contribution is -2.45. The summed E-state index contributed by atoms with van der Waals surface area (Å²) >= 11 is 0. The molecule has 0 saturated heterocycles. The van der Waals surface area contributed by atoms with Crippen molar-refractivity contribution in [3.63, 3.8) is 0 Å². The number of carbonyl (C=O) groups excluding carboxylic acids is 2. The lowest BCUT2D eigenvalue weighted by molar-refractivity contribution is -0.873. The Labute approximate surface area is 194 Å². The molecule has 0 aromatic rings. The maximum Gasteiger partial charge on any atom is 0.306 e. The first kappa shape index (κ1) is 30.3. The maximum absolute atomic E-state index is 12.0. The molecule has 0 heterocycles. The summed E-state index contributed by atoms with van der Waals surface area (Å²) in [5.74, 6) is -1.53. The molecule has 0 aliphatic rings. The Morgan fingerprint density at radius 3 is 2.31 bits per heavy atom. The Balaban J connectivity index is 3.87.